The molecule has 67 heavy (non-hydrogen) atoms. The Morgan fingerprint density at radius 2 is 1.06 bits per heavy atom. The molecule has 0 heterocycles. The first kappa shape index (κ1) is 53.5. The number of ether oxygens (including phenoxy) is 4. The Bertz CT molecular complexity index is 1930. The number of carbonyl (C=O) groups excluding carboxylic acids is 2. The van der Waals surface area contributed by atoms with Crippen molar-refractivity contribution in [2.24, 2.45) is 11.8 Å². The SMILES string of the molecule is CCCCCCCCOC1CCC(COc2ccc(C=CC(=O)CC(c3ccc(N)cc3N)C(O)(O)C(=O)C=Cc3ccc(OCC4CCC(OCCCCCCCC)CC4)cc3)cc2)CC1. The van der Waals surface area contributed by atoms with E-state index in [0.29, 0.717) is 48.5 Å². The van der Waals surface area contributed by atoms with Gasteiger partial charge in [0.25, 0.3) is 0 Å². The van der Waals surface area contributed by atoms with Crippen molar-refractivity contribution in [1.82, 2.24) is 0 Å². The average Bonchev–Trinajstić information content (AvgIpc) is 3.34. The Morgan fingerprint density at radius 3 is 1.52 bits per heavy atom. The van der Waals surface area contributed by atoms with E-state index in [1.165, 1.54) is 88.5 Å². The van der Waals surface area contributed by atoms with Crippen molar-refractivity contribution in [2.45, 2.75) is 173 Å². The van der Waals surface area contributed by atoms with Gasteiger partial charge in [-0.3, -0.25) is 9.59 Å². The fraction of sp³-hybridized carbons (Fsp3) is 0.579. The Kier molecular flexibility index (Phi) is 23.5. The number of benzene rings is 3. The van der Waals surface area contributed by atoms with Gasteiger partial charge < -0.3 is 40.6 Å². The van der Waals surface area contributed by atoms with E-state index in [4.69, 9.17) is 30.4 Å². The minimum atomic E-state index is -2.95. The van der Waals surface area contributed by atoms with Crippen molar-refractivity contribution in [2.75, 3.05) is 37.9 Å². The van der Waals surface area contributed by atoms with E-state index >= 15 is 0 Å². The molecule has 0 spiro atoms. The lowest BCUT2D eigenvalue weighted by Crippen LogP contribution is -2.44. The van der Waals surface area contributed by atoms with Crippen molar-refractivity contribution >= 4 is 35.1 Å². The van der Waals surface area contributed by atoms with E-state index in [0.717, 1.165) is 101 Å². The molecule has 2 saturated carbocycles. The molecule has 6 N–H and O–H groups in total. The minimum absolute atomic E-state index is 0.145. The van der Waals surface area contributed by atoms with Crippen LogP contribution in [0.2, 0.25) is 0 Å². The first-order chi connectivity index (χ1) is 32.5. The van der Waals surface area contributed by atoms with Gasteiger partial charge in [0, 0.05) is 31.0 Å². The largest absolute Gasteiger partial charge is 0.493 e. The lowest BCUT2D eigenvalue weighted by atomic mass is 9.82. The van der Waals surface area contributed by atoms with Crippen molar-refractivity contribution in [3.63, 3.8) is 0 Å². The summed E-state index contributed by atoms with van der Waals surface area (Å²) in [5.41, 5.74) is 14.4. The second-order valence-electron chi connectivity index (χ2n) is 19.2. The fourth-order valence-electron chi connectivity index (χ4n) is 9.28. The predicted octanol–water partition coefficient (Wildman–Crippen LogP) is 12.2. The van der Waals surface area contributed by atoms with Crippen LogP contribution in [0.1, 0.15) is 171 Å². The van der Waals surface area contributed by atoms with E-state index in [1.807, 2.05) is 48.5 Å². The molecule has 2 fully saturated rings. The van der Waals surface area contributed by atoms with E-state index < -0.39 is 29.7 Å². The van der Waals surface area contributed by atoms with Gasteiger partial charge in [-0.2, -0.15) is 0 Å². The topological polar surface area (TPSA) is 164 Å². The summed E-state index contributed by atoms with van der Waals surface area (Å²) >= 11 is 0. The van der Waals surface area contributed by atoms with E-state index in [1.54, 1.807) is 12.1 Å². The molecule has 0 amide bonds. The fourth-order valence-corrected chi connectivity index (χ4v) is 9.28. The number of carbonyl (C=O) groups is 2. The molecule has 0 aromatic heterocycles. The summed E-state index contributed by atoms with van der Waals surface area (Å²) in [4.78, 5) is 27.0. The number of nitrogen functional groups attached to an aromatic ring is 2. The molecule has 368 valence electrons. The number of hydrogen-bond donors (Lipinski definition) is 4. The molecule has 2 aliphatic carbocycles. The van der Waals surface area contributed by atoms with Gasteiger partial charge in [-0.25, -0.2) is 0 Å². The highest BCUT2D eigenvalue weighted by molar-refractivity contribution is 6.01. The molecule has 0 aliphatic heterocycles. The zero-order chi connectivity index (χ0) is 47.7. The second kappa shape index (κ2) is 29.4. The number of unbranched alkanes of at least 4 members (excludes halogenated alkanes) is 10. The van der Waals surface area contributed by atoms with Gasteiger partial charge in [-0.15, -0.1) is 0 Å². The van der Waals surface area contributed by atoms with Gasteiger partial charge in [-0.1, -0.05) is 121 Å². The number of nitrogens with two attached hydrogens (primary N) is 2. The molecule has 0 saturated heterocycles. The first-order valence-corrected chi connectivity index (χ1v) is 25.8. The van der Waals surface area contributed by atoms with Crippen LogP contribution in [0.15, 0.2) is 78.9 Å². The molecule has 0 bridgehead atoms. The molecule has 1 atom stereocenters. The highest BCUT2D eigenvalue weighted by Gasteiger charge is 2.43. The Labute approximate surface area is 401 Å². The third-order valence-electron chi connectivity index (χ3n) is 13.7. The molecule has 3 aromatic carbocycles. The normalized spacial score (nSPS) is 19.5. The van der Waals surface area contributed by atoms with Gasteiger partial charge in [-0.05, 0) is 141 Å². The molecule has 10 heteroatoms. The van der Waals surface area contributed by atoms with E-state index in [-0.39, 0.29) is 11.3 Å². The number of aliphatic hydroxyl groups is 2. The average molecular weight is 923 g/mol. The molecular formula is C57H82N2O8. The number of allylic oxidation sites excluding steroid dienone is 1. The van der Waals surface area contributed by atoms with E-state index in [2.05, 4.69) is 13.8 Å². The number of rotatable bonds is 31. The summed E-state index contributed by atoms with van der Waals surface area (Å²) in [5.74, 6) is -3.27. The Hall–Kier alpha value is -4.48. The number of anilines is 2. The van der Waals surface area contributed by atoms with Gasteiger partial charge in [0.15, 0.2) is 5.78 Å². The molecule has 0 radical (unpaired) electrons. The first-order valence-electron chi connectivity index (χ1n) is 25.8. The maximum atomic E-state index is 13.5. The van der Waals surface area contributed by atoms with Crippen molar-refractivity contribution in [1.29, 1.82) is 0 Å². The van der Waals surface area contributed by atoms with Crippen LogP contribution in [0.3, 0.4) is 0 Å². The van der Waals surface area contributed by atoms with Gasteiger partial charge >= 0.3 is 0 Å². The zero-order valence-corrected chi connectivity index (χ0v) is 40.7. The second-order valence-corrected chi connectivity index (χ2v) is 19.2. The molecule has 3 aromatic rings. The molecule has 1 unspecified atom stereocenters. The van der Waals surface area contributed by atoms with Gasteiger partial charge in [0.05, 0.1) is 31.3 Å². The number of hydrogen-bond acceptors (Lipinski definition) is 10. The van der Waals surface area contributed by atoms with Crippen LogP contribution in [0.5, 0.6) is 11.5 Å². The van der Waals surface area contributed by atoms with Crippen molar-refractivity contribution in [3.8, 4) is 11.5 Å². The third kappa shape index (κ3) is 19.2. The molecule has 5 rings (SSSR count). The Balaban J connectivity index is 1.06. The lowest BCUT2D eigenvalue weighted by molar-refractivity contribution is -0.187. The predicted molar refractivity (Wildman–Crippen MR) is 272 cm³/mol. The summed E-state index contributed by atoms with van der Waals surface area (Å²) in [6.45, 7) is 7.51. The quantitative estimate of drug-likeness (QED) is 0.0211. The van der Waals surface area contributed by atoms with Gasteiger partial charge in [0.1, 0.15) is 11.5 Å². The van der Waals surface area contributed by atoms with Crippen LogP contribution in [-0.4, -0.2) is 66.2 Å². The van der Waals surface area contributed by atoms with E-state index in [9.17, 15) is 19.8 Å². The molecule has 10 nitrogen and oxygen atoms in total. The Morgan fingerprint density at radius 1 is 0.612 bits per heavy atom. The van der Waals surface area contributed by atoms with Crippen LogP contribution < -0.4 is 20.9 Å². The minimum Gasteiger partial charge on any atom is -0.493 e. The standard InChI is InChI=1S/C57H82N2O8/c1-3-5-7-9-11-13-37-64-49-31-20-45(21-32-49)41-66-51-27-16-43(17-28-51)15-26-48(60)40-54(53-35-25-47(58)39-55(53)59)57(62,63)56(61)36-24-44-18-29-52(30-19-44)67-42-46-22-33-50(34-23-46)65-38-14-12-10-8-6-4-2/h15-19,24-30,35-36,39,45-46,49-50,54,62-63H,3-14,20-23,31-34,37-38,40-42,58-59H2,1-2H3. The van der Waals surface area contributed by atoms with Crippen LogP contribution in [0.25, 0.3) is 12.2 Å². The maximum Gasteiger partial charge on any atom is 0.235 e. The summed E-state index contributed by atoms with van der Waals surface area (Å²) in [6, 6.07) is 19.4. The zero-order valence-electron chi connectivity index (χ0n) is 40.7. The van der Waals surface area contributed by atoms with Crippen LogP contribution in [0.4, 0.5) is 11.4 Å². The number of ketones is 2. The van der Waals surface area contributed by atoms with Crippen LogP contribution >= 0.6 is 0 Å². The lowest BCUT2D eigenvalue weighted by Gasteiger charge is -2.30. The third-order valence-corrected chi connectivity index (χ3v) is 13.7. The smallest absolute Gasteiger partial charge is 0.235 e. The van der Waals surface area contributed by atoms with Gasteiger partial charge in [0.2, 0.25) is 11.6 Å². The summed E-state index contributed by atoms with van der Waals surface area (Å²) in [5, 5.41) is 22.9. The highest BCUT2D eigenvalue weighted by Crippen LogP contribution is 2.36. The molecule has 2 aliphatic rings. The summed E-state index contributed by atoms with van der Waals surface area (Å²) < 4.78 is 24.6. The van der Waals surface area contributed by atoms with Crippen molar-refractivity contribution in [3.05, 3.63) is 95.6 Å². The monoisotopic (exact) mass is 923 g/mol. The molecular weight excluding hydrogens is 841 g/mol. The maximum absolute atomic E-state index is 13.5. The summed E-state index contributed by atoms with van der Waals surface area (Å²) in [7, 11) is 0. The highest BCUT2D eigenvalue weighted by atomic mass is 16.5. The van der Waals surface area contributed by atoms with Crippen LogP contribution in [-0.2, 0) is 19.1 Å². The summed E-state index contributed by atoms with van der Waals surface area (Å²) in [6.07, 6.45) is 29.9. The van der Waals surface area contributed by atoms with Crippen LogP contribution in [0, 0.1) is 11.8 Å². The van der Waals surface area contributed by atoms with Crippen molar-refractivity contribution < 1.29 is 38.7 Å².